The van der Waals surface area contributed by atoms with Gasteiger partial charge in [0.05, 0.1) is 39.0 Å². The van der Waals surface area contributed by atoms with Gasteiger partial charge in [0.15, 0.2) is 0 Å². The van der Waals surface area contributed by atoms with E-state index in [1.165, 1.54) is 6.07 Å². The number of nitrogens with zero attached hydrogens (tertiary/aromatic N) is 3. The molecule has 0 aliphatic rings. The molecule has 0 spiro atoms. The van der Waals surface area contributed by atoms with Gasteiger partial charge in [0.1, 0.15) is 11.6 Å². The molecule has 0 atom stereocenters. The molecular weight excluding hydrogens is 567 g/mol. The van der Waals surface area contributed by atoms with Gasteiger partial charge in [-0.2, -0.15) is 18.4 Å². The summed E-state index contributed by atoms with van der Waals surface area (Å²) < 4.78 is 46.4. The van der Waals surface area contributed by atoms with Crippen LogP contribution in [0.1, 0.15) is 16.7 Å². The number of alkyl halides is 3. The fraction of sp³-hybridized carbons (Fsp3) is 0.0513. The van der Waals surface area contributed by atoms with Gasteiger partial charge in [-0.05, 0) is 60.5 Å². The van der Waals surface area contributed by atoms with Gasteiger partial charge in [0, 0.05) is 27.1 Å². The number of benzene rings is 6. The summed E-state index contributed by atoms with van der Waals surface area (Å²) >= 11 is 0. The van der Waals surface area contributed by atoms with Crippen molar-refractivity contribution in [2.24, 2.45) is 0 Å². The van der Waals surface area contributed by atoms with E-state index in [1.807, 2.05) is 102 Å². The maximum Gasteiger partial charge on any atom is 0.416 e. The number of aromatic nitrogens is 2. The zero-order valence-electron chi connectivity index (χ0n) is 24.1. The van der Waals surface area contributed by atoms with E-state index in [0.717, 1.165) is 49.7 Å². The smallest absolute Gasteiger partial charge is 0.308 e. The highest BCUT2D eigenvalue weighted by Gasteiger charge is 2.32. The first-order valence-electron chi connectivity index (χ1n) is 14.6. The van der Waals surface area contributed by atoms with Crippen molar-refractivity contribution in [3.63, 3.8) is 0 Å². The van der Waals surface area contributed by atoms with Crippen molar-refractivity contribution in [3.8, 4) is 28.6 Å². The molecule has 6 heteroatoms. The first kappa shape index (κ1) is 26.8. The molecule has 0 aliphatic heterocycles. The predicted octanol–water partition coefficient (Wildman–Crippen LogP) is 10.7. The molecule has 0 aliphatic carbocycles. The molecule has 0 saturated heterocycles. The maximum absolute atomic E-state index is 14.1. The largest absolute Gasteiger partial charge is 0.416 e. The number of para-hydroxylation sites is 4. The minimum absolute atomic E-state index is 0.362. The highest BCUT2D eigenvalue weighted by Crippen LogP contribution is 2.43. The van der Waals surface area contributed by atoms with Crippen LogP contribution in [0.3, 0.4) is 0 Å². The van der Waals surface area contributed by atoms with Crippen molar-refractivity contribution in [2.45, 2.75) is 13.1 Å². The molecule has 45 heavy (non-hydrogen) atoms. The van der Waals surface area contributed by atoms with Crippen molar-refractivity contribution in [3.05, 3.63) is 144 Å². The Bertz CT molecular complexity index is 2400. The number of aryl methyl sites for hydroxylation is 1. The van der Waals surface area contributed by atoms with Gasteiger partial charge in [0.2, 0.25) is 0 Å². The summed E-state index contributed by atoms with van der Waals surface area (Å²) in [7, 11) is 0. The van der Waals surface area contributed by atoms with Crippen molar-refractivity contribution in [1.29, 1.82) is 5.26 Å². The molecule has 0 saturated carbocycles. The van der Waals surface area contributed by atoms with Crippen LogP contribution in [0, 0.1) is 18.3 Å². The molecule has 0 unspecified atom stereocenters. The second-order valence-electron chi connectivity index (χ2n) is 11.3. The van der Waals surface area contributed by atoms with Crippen molar-refractivity contribution >= 4 is 43.6 Å². The topological polar surface area (TPSA) is 33.6 Å². The molecule has 2 aromatic heterocycles. The summed E-state index contributed by atoms with van der Waals surface area (Å²) in [6, 6.07) is 42.3. The van der Waals surface area contributed by atoms with E-state index in [1.54, 1.807) is 13.0 Å². The van der Waals surface area contributed by atoms with Gasteiger partial charge >= 0.3 is 6.18 Å². The van der Waals surface area contributed by atoms with Gasteiger partial charge in [-0.3, -0.25) is 0 Å². The molecule has 6 aromatic carbocycles. The lowest BCUT2D eigenvalue weighted by molar-refractivity contribution is -0.137. The van der Waals surface area contributed by atoms with Crippen molar-refractivity contribution in [2.75, 3.05) is 0 Å². The second-order valence-corrected chi connectivity index (χ2v) is 11.3. The highest BCUT2D eigenvalue weighted by atomic mass is 19.4. The van der Waals surface area contributed by atoms with Gasteiger partial charge in [-0.25, -0.2) is 0 Å². The molecule has 3 nitrogen and oxygen atoms in total. The fourth-order valence-electron chi connectivity index (χ4n) is 6.79. The Kier molecular flexibility index (Phi) is 5.88. The zero-order chi connectivity index (χ0) is 30.9. The van der Waals surface area contributed by atoms with Crippen LogP contribution in [0.5, 0.6) is 0 Å². The lowest BCUT2D eigenvalue weighted by Crippen LogP contribution is -2.08. The Hall–Kier alpha value is -5.80. The zero-order valence-corrected chi connectivity index (χ0v) is 24.1. The van der Waals surface area contributed by atoms with E-state index in [2.05, 4.69) is 22.8 Å². The van der Waals surface area contributed by atoms with Gasteiger partial charge in [-0.1, -0.05) is 84.9 Å². The van der Waals surface area contributed by atoms with Crippen LogP contribution in [0.25, 0.3) is 66.1 Å². The Balaban J connectivity index is 1.57. The van der Waals surface area contributed by atoms with Crippen LogP contribution >= 0.6 is 0 Å². The van der Waals surface area contributed by atoms with Gasteiger partial charge in [0.25, 0.3) is 0 Å². The van der Waals surface area contributed by atoms with Crippen LogP contribution in [-0.2, 0) is 6.18 Å². The number of halogens is 3. The first-order chi connectivity index (χ1) is 21.8. The first-order valence-corrected chi connectivity index (χ1v) is 14.6. The number of rotatable bonds is 3. The Morgan fingerprint density at radius 2 is 1.04 bits per heavy atom. The predicted molar refractivity (Wildman–Crippen MR) is 175 cm³/mol. The Morgan fingerprint density at radius 3 is 1.51 bits per heavy atom. The minimum atomic E-state index is -4.52. The molecule has 216 valence electrons. The van der Waals surface area contributed by atoms with Crippen molar-refractivity contribution < 1.29 is 13.2 Å². The molecule has 0 N–H and O–H groups in total. The van der Waals surface area contributed by atoms with E-state index in [-0.39, 0.29) is 0 Å². The molecule has 0 amide bonds. The van der Waals surface area contributed by atoms with Crippen LogP contribution in [0.2, 0.25) is 0 Å². The standard InChI is InChI=1S/C39H24F3N3/c1-24-20-25(22-26(21-24)39(40,41)42)27-18-19-37(44-33-14-6-2-10-28(33)29-11-3-7-15-34(29)44)32(23-43)38(27)45-35-16-8-4-12-30(35)31-13-5-9-17-36(31)45/h2-22H,1H3. The molecule has 0 radical (unpaired) electrons. The van der Waals surface area contributed by atoms with E-state index < -0.39 is 11.7 Å². The molecule has 2 heterocycles. The van der Waals surface area contributed by atoms with Crippen molar-refractivity contribution in [1.82, 2.24) is 9.13 Å². The van der Waals surface area contributed by atoms with E-state index in [4.69, 9.17) is 0 Å². The number of hydrogen-bond acceptors (Lipinski definition) is 1. The SMILES string of the molecule is Cc1cc(-c2ccc(-n3c4ccccc4c4ccccc43)c(C#N)c2-n2c3ccccc3c3ccccc32)cc(C(F)(F)F)c1. The summed E-state index contributed by atoms with van der Waals surface area (Å²) in [5.41, 5.74) is 5.83. The Morgan fingerprint density at radius 1 is 0.578 bits per heavy atom. The average molecular weight is 592 g/mol. The molecule has 8 aromatic rings. The summed E-state index contributed by atoms with van der Waals surface area (Å²) in [5, 5.41) is 15.1. The summed E-state index contributed by atoms with van der Waals surface area (Å²) in [5.74, 6) is 0. The lowest BCUT2D eigenvalue weighted by atomic mass is 9.95. The summed E-state index contributed by atoms with van der Waals surface area (Å²) in [6.07, 6.45) is -4.52. The fourth-order valence-corrected chi connectivity index (χ4v) is 6.79. The molecule has 0 fully saturated rings. The molecule has 0 bridgehead atoms. The van der Waals surface area contributed by atoms with Crippen LogP contribution in [-0.4, -0.2) is 9.13 Å². The number of hydrogen-bond donors (Lipinski definition) is 0. The average Bonchev–Trinajstić information content (AvgIpc) is 3.56. The van der Waals surface area contributed by atoms with E-state index >= 15 is 0 Å². The van der Waals surface area contributed by atoms with Crippen LogP contribution in [0.4, 0.5) is 13.2 Å². The van der Waals surface area contributed by atoms with Crippen LogP contribution < -0.4 is 0 Å². The third-order valence-corrected chi connectivity index (χ3v) is 8.61. The monoisotopic (exact) mass is 591 g/mol. The van der Waals surface area contributed by atoms with Gasteiger partial charge < -0.3 is 9.13 Å². The minimum Gasteiger partial charge on any atom is -0.308 e. The normalized spacial score (nSPS) is 12.0. The highest BCUT2D eigenvalue weighted by molar-refractivity contribution is 6.11. The third kappa shape index (κ3) is 4.05. The summed E-state index contributed by atoms with van der Waals surface area (Å²) in [4.78, 5) is 0. The quantitative estimate of drug-likeness (QED) is 0.201. The molecule has 8 rings (SSSR count). The van der Waals surface area contributed by atoms with Crippen LogP contribution in [0.15, 0.2) is 127 Å². The second kappa shape index (κ2) is 9.87. The van der Waals surface area contributed by atoms with E-state index in [9.17, 15) is 18.4 Å². The Labute approximate surface area is 256 Å². The third-order valence-electron chi connectivity index (χ3n) is 8.61. The van der Waals surface area contributed by atoms with E-state index in [0.29, 0.717) is 33.6 Å². The summed E-state index contributed by atoms with van der Waals surface area (Å²) in [6.45, 7) is 1.66. The van der Waals surface area contributed by atoms with Gasteiger partial charge in [-0.15, -0.1) is 0 Å². The maximum atomic E-state index is 14.1. The number of nitriles is 1. The molecular formula is C39H24F3N3. The lowest BCUT2D eigenvalue weighted by Gasteiger charge is -2.21. The number of fused-ring (bicyclic) bond motifs is 6.